The molecule has 106 valence electrons. The Morgan fingerprint density at radius 3 is 2.60 bits per heavy atom. The minimum absolute atomic E-state index is 0.160. The van der Waals surface area contributed by atoms with Crippen LogP contribution in [0.15, 0.2) is 22.7 Å². The maximum atomic E-state index is 12.9. The van der Waals surface area contributed by atoms with Crippen LogP contribution in [0.3, 0.4) is 0 Å². The zero-order valence-corrected chi connectivity index (χ0v) is 10.8. The predicted molar refractivity (Wildman–Crippen MR) is 66.8 cm³/mol. The van der Waals surface area contributed by atoms with E-state index in [4.69, 9.17) is 19.1 Å². The van der Waals surface area contributed by atoms with E-state index in [0.717, 1.165) is 0 Å². The Bertz CT molecular complexity index is 638. The molecular weight excluding hydrogens is 269 g/mol. The van der Waals surface area contributed by atoms with Crippen molar-refractivity contribution < 1.29 is 28.3 Å². The molecule has 1 aromatic carbocycles. The van der Waals surface area contributed by atoms with Gasteiger partial charge in [-0.3, -0.25) is 0 Å². The van der Waals surface area contributed by atoms with Crippen LogP contribution < -0.4 is 9.47 Å². The molecule has 0 unspecified atom stereocenters. The van der Waals surface area contributed by atoms with Gasteiger partial charge in [0.05, 0.1) is 19.8 Å². The number of carboxylic acid groups (broad SMARTS) is 1. The second-order valence-corrected chi connectivity index (χ2v) is 3.89. The summed E-state index contributed by atoms with van der Waals surface area (Å²) >= 11 is 0. The molecule has 0 bridgehead atoms. The molecule has 2 aromatic rings. The van der Waals surface area contributed by atoms with Crippen molar-refractivity contribution in [1.29, 1.82) is 0 Å². The van der Waals surface area contributed by atoms with Crippen LogP contribution in [0.2, 0.25) is 0 Å². The van der Waals surface area contributed by atoms with E-state index in [0.29, 0.717) is 22.6 Å². The van der Waals surface area contributed by atoms with Gasteiger partial charge in [-0.1, -0.05) is 5.16 Å². The van der Waals surface area contributed by atoms with Crippen LogP contribution in [0.25, 0.3) is 11.3 Å². The number of benzene rings is 1. The Hall–Kier alpha value is -2.57. The third kappa shape index (κ3) is 2.42. The molecule has 7 heteroatoms. The lowest BCUT2D eigenvalue weighted by Crippen LogP contribution is -1.96. The van der Waals surface area contributed by atoms with Crippen LogP contribution in [0.1, 0.15) is 16.1 Å². The number of aromatic carboxylic acids is 1. The molecule has 0 fully saturated rings. The first-order valence-corrected chi connectivity index (χ1v) is 5.62. The van der Waals surface area contributed by atoms with Gasteiger partial charge in [0.2, 0.25) is 0 Å². The Morgan fingerprint density at radius 1 is 1.35 bits per heavy atom. The first kappa shape index (κ1) is 13.9. The molecule has 6 nitrogen and oxygen atoms in total. The maximum Gasteiger partial charge on any atom is 0.358 e. The molecule has 0 spiro atoms. The van der Waals surface area contributed by atoms with E-state index in [1.807, 2.05) is 0 Å². The summed E-state index contributed by atoms with van der Waals surface area (Å²) in [5, 5.41) is 12.2. The third-order valence-corrected chi connectivity index (χ3v) is 2.69. The van der Waals surface area contributed by atoms with Crippen molar-refractivity contribution in [3.63, 3.8) is 0 Å². The third-order valence-electron chi connectivity index (χ3n) is 2.69. The van der Waals surface area contributed by atoms with Crippen LogP contribution in [0, 0.1) is 0 Å². The van der Waals surface area contributed by atoms with Crippen molar-refractivity contribution in [3.05, 3.63) is 29.5 Å². The highest BCUT2D eigenvalue weighted by molar-refractivity contribution is 5.87. The first-order valence-electron chi connectivity index (χ1n) is 5.62. The average Bonchev–Trinajstić information content (AvgIpc) is 2.95. The number of nitrogens with zero attached hydrogens (tertiary/aromatic N) is 1. The summed E-state index contributed by atoms with van der Waals surface area (Å²) in [6.07, 6.45) is 0. The van der Waals surface area contributed by atoms with E-state index in [1.54, 1.807) is 0 Å². The van der Waals surface area contributed by atoms with Crippen molar-refractivity contribution in [1.82, 2.24) is 5.16 Å². The van der Waals surface area contributed by atoms with Crippen molar-refractivity contribution in [2.45, 2.75) is 6.67 Å². The minimum atomic E-state index is -1.22. The summed E-state index contributed by atoms with van der Waals surface area (Å²) in [6, 6.07) is 4.23. The number of alkyl halides is 1. The molecule has 0 saturated carbocycles. The number of ether oxygens (including phenoxy) is 2. The fourth-order valence-corrected chi connectivity index (χ4v) is 1.78. The van der Waals surface area contributed by atoms with Crippen molar-refractivity contribution in [3.8, 4) is 22.8 Å². The number of aromatic nitrogens is 1. The molecule has 1 heterocycles. The topological polar surface area (TPSA) is 81.8 Å². The summed E-state index contributed by atoms with van der Waals surface area (Å²) in [5.41, 5.74) is 0.483. The minimum Gasteiger partial charge on any atom is -0.493 e. The molecule has 20 heavy (non-hydrogen) atoms. The highest BCUT2D eigenvalue weighted by Crippen LogP contribution is 2.39. The summed E-state index contributed by atoms with van der Waals surface area (Å²) in [6.45, 7) is -0.701. The van der Waals surface area contributed by atoms with E-state index < -0.39 is 12.6 Å². The van der Waals surface area contributed by atoms with Crippen LogP contribution in [-0.2, 0) is 6.67 Å². The molecule has 0 aliphatic rings. The molecule has 0 aliphatic carbocycles. The van der Waals surface area contributed by atoms with Crippen LogP contribution in [0.5, 0.6) is 11.5 Å². The Morgan fingerprint density at radius 2 is 2.10 bits per heavy atom. The molecule has 0 aliphatic heterocycles. The maximum absolute atomic E-state index is 12.9. The fraction of sp³-hybridized carbons (Fsp3) is 0.231. The van der Waals surface area contributed by atoms with Gasteiger partial charge in [-0.2, -0.15) is 0 Å². The zero-order valence-electron chi connectivity index (χ0n) is 10.8. The van der Waals surface area contributed by atoms with Gasteiger partial charge in [0.25, 0.3) is 0 Å². The number of halogens is 1. The van der Waals surface area contributed by atoms with Crippen LogP contribution in [0.4, 0.5) is 4.39 Å². The van der Waals surface area contributed by atoms with Crippen LogP contribution in [-0.4, -0.2) is 30.5 Å². The lowest BCUT2D eigenvalue weighted by molar-refractivity contribution is 0.0686. The van der Waals surface area contributed by atoms with Gasteiger partial charge in [0.15, 0.2) is 23.0 Å². The van der Waals surface area contributed by atoms with Gasteiger partial charge in [-0.15, -0.1) is 0 Å². The summed E-state index contributed by atoms with van der Waals surface area (Å²) in [7, 11) is 2.84. The predicted octanol–water partition coefficient (Wildman–Crippen LogP) is 2.53. The summed E-state index contributed by atoms with van der Waals surface area (Å²) in [5.74, 6) is -0.413. The SMILES string of the molecule is COc1cc(CF)cc(-c2cc(C(=O)O)no2)c1OC. The van der Waals surface area contributed by atoms with E-state index in [9.17, 15) is 9.18 Å². The Labute approximate surface area is 113 Å². The molecule has 0 atom stereocenters. The lowest BCUT2D eigenvalue weighted by Gasteiger charge is -2.12. The zero-order chi connectivity index (χ0) is 14.7. The van der Waals surface area contributed by atoms with E-state index in [1.165, 1.54) is 32.4 Å². The van der Waals surface area contributed by atoms with Crippen molar-refractivity contribution in [2.24, 2.45) is 0 Å². The Kier molecular flexibility index (Phi) is 3.88. The summed E-state index contributed by atoms with van der Waals surface area (Å²) in [4.78, 5) is 10.8. The smallest absolute Gasteiger partial charge is 0.358 e. The number of rotatable bonds is 5. The van der Waals surface area contributed by atoms with E-state index >= 15 is 0 Å². The average molecular weight is 281 g/mol. The van der Waals surface area contributed by atoms with E-state index in [2.05, 4.69) is 5.16 Å². The molecular formula is C13H12FNO5. The van der Waals surface area contributed by atoms with Crippen molar-refractivity contribution in [2.75, 3.05) is 14.2 Å². The number of hydrogen-bond acceptors (Lipinski definition) is 5. The second-order valence-electron chi connectivity index (χ2n) is 3.89. The number of hydrogen-bond donors (Lipinski definition) is 1. The Balaban J connectivity index is 2.60. The van der Waals surface area contributed by atoms with Gasteiger partial charge < -0.3 is 19.1 Å². The highest BCUT2D eigenvalue weighted by Gasteiger charge is 2.19. The van der Waals surface area contributed by atoms with E-state index in [-0.39, 0.29) is 11.5 Å². The standard InChI is InChI=1S/C13H12FNO5/c1-18-11-4-7(6-14)3-8(12(11)19-2)10-5-9(13(16)17)15-20-10/h3-5H,6H2,1-2H3,(H,16,17). The highest BCUT2D eigenvalue weighted by atomic mass is 19.1. The molecule has 0 saturated heterocycles. The molecule has 1 aromatic heterocycles. The summed E-state index contributed by atoms with van der Waals surface area (Å²) < 4.78 is 28.2. The second kappa shape index (κ2) is 5.60. The van der Waals surface area contributed by atoms with Gasteiger partial charge in [-0.25, -0.2) is 9.18 Å². The normalized spacial score (nSPS) is 10.3. The quantitative estimate of drug-likeness (QED) is 0.906. The fourth-order valence-electron chi connectivity index (χ4n) is 1.78. The molecule has 0 amide bonds. The van der Waals surface area contributed by atoms with Gasteiger partial charge in [0.1, 0.15) is 6.67 Å². The van der Waals surface area contributed by atoms with Gasteiger partial charge in [0, 0.05) is 6.07 Å². The molecule has 2 rings (SSSR count). The largest absolute Gasteiger partial charge is 0.493 e. The number of carbonyl (C=O) groups is 1. The van der Waals surface area contributed by atoms with Gasteiger partial charge in [-0.05, 0) is 17.7 Å². The molecule has 1 N–H and O–H groups in total. The lowest BCUT2D eigenvalue weighted by atomic mass is 10.1. The first-order chi connectivity index (χ1) is 9.60. The van der Waals surface area contributed by atoms with Gasteiger partial charge >= 0.3 is 5.97 Å². The molecule has 0 radical (unpaired) electrons. The van der Waals surface area contributed by atoms with Crippen LogP contribution >= 0.6 is 0 Å². The van der Waals surface area contributed by atoms with Crippen molar-refractivity contribution >= 4 is 5.97 Å². The number of methoxy groups -OCH3 is 2. The number of carboxylic acids is 1. The monoisotopic (exact) mass is 281 g/mol.